The second-order valence-corrected chi connectivity index (χ2v) is 5.95. The lowest BCUT2D eigenvalue weighted by Gasteiger charge is -2.20. The van der Waals surface area contributed by atoms with Crippen molar-refractivity contribution in [2.75, 3.05) is 18.0 Å². The Kier molecular flexibility index (Phi) is 5.66. The van der Waals surface area contributed by atoms with Crippen molar-refractivity contribution >= 4 is 28.8 Å². The molecule has 0 fully saturated rings. The van der Waals surface area contributed by atoms with Gasteiger partial charge in [0, 0.05) is 35.8 Å². The van der Waals surface area contributed by atoms with Crippen LogP contribution in [0.15, 0.2) is 68.9 Å². The lowest BCUT2D eigenvalue weighted by molar-refractivity contribution is 0.0955. The van der Waals surface area contributed by atoms with Crippen molar-refractivity contribution in [3.63, 3.8) is 0 Å². The fraction of sp³-hybridized carbons (Fsp3) is 0.190. The quantitative estimate of drug-likeness (QED) is 0.414. The molecule has 0 bridgehead atoms. The van der Waals surface area contributed by atoms with E-state index in [1.165, 1.54) is 6.21 Å². The Morgan fingerprint density at radius 1 is 1.11 bits per heavy atom. The number of hydrogen-bond donors (Lipinski definition) is 1. The molecule has 1 heterocycles. The smallest absolute Gasteiger partial charge is 0.345 e. The molecule has 1 amide bonds. The van der Waals surface area contributed by atoms with E-state index in [1.807, 2.05) is 24.3 Å². The average molecular weight is 363 g/mol. The molecule has 0 aliphatic rings. The number of carbonyl (C=O) groups is 1. The number of rotatable bonds is 6. The van der Waals surface area contributed by atoms with E-state index in [9.17, 15) is 9.59 Å². The summed E-state index contributed by atoms with van der Waals surface area (Å²) in [5.41, 5.74) is 4.19. The fourth-order valence-electron chi connectivity index (χ4n) is 2.81. The first-order valence-electron chi connectivity index (χ1n) is 8.83. The van der Waals surface area contributed by atoms with Crippen LogP contribution < -0.4 is 16.0 Å². The van der Waals surface area contributed by atoms with E-state index < -0.39 is 5.63 Å². The maximum Gasteiger partial charge on any atom is 0.345 e. The molecule has 0 radical (unpaired) electrons. The van der Waals surface area contributed by atoms with Crippen molar-refractivity contribution < 1.29 is 9.21 Å². The molecule has 0 aliphatic heterocycles. The summed E-state index contributed by atoms with van der Waals surface area (Å²) in [5.74, 6) is -0.346. The average Bonchev–Trinajstić information content (AvgIpc) is 2.70. The summed E-state index contributed by atoms with van der Waals surface area (Å²) in [6.45, 7) is 5.90. The summed E-state index contributed by atoms with van der Waals surface area (Å²) in [6, 6.07) is 16.2. The third kappa shape index (κ3) is 4.23. The molecule has 3 rings (SSSR count). The zero-order chi connectivity index (χ0) is 19.2. The molecule has 138 valence electrons. The normalized spacial score (nSPS) is 11.0. The lowest BCUT2D eigenvalue weighted by Crippen LogP contribution is -2.21. The molecule has 1 aromatic heterocycles. The van der Waals surface area contributed by atoms with Gasteiger partial charge >= 0.3 is 5.63 Å². The second-order valence-electron chi connectivity index (χ2n) is 5.95. The molecule has 3 aromatic rings. The number of amides is 1. The van der Waals surface area contributed by atoms with Gasteiger partial charge in [0.2, 0.25) is 0 Å². The van der Waals surface area contributed by atoms with Gasteiger partial charge in [0.15, 0.2) is 0 Å². The van der Waals surface area contributed by atoms with Crippen molar-refractivity contribution in [3.05, 3.63) is 76.1 Å². The maximum absolute atomic E-state index is 12.2. The van der Waals surface area contributed by atoms with E-state index in [-0.39, 0.29) is 11.5 Å². The third-order valence-electron chi connectivity index (χ3n) is 4.28. The Labute approximate surface area is 157 Å². The van der Waals surface area contributed by atoms with Crippen LogP contribution in [-0.2, 0) is 0 Å². The van der Waals surface area contributed by atoms with Crippen molar-refractivity contribution in [1.29, 1.82) is 0 Å². The fourth-order valence-corrected chi connectivity index (χ4v) is 2.81. The molecular weight excluding hydrogens is 342 g/mol. The van der Waals surface area contributed by atoms with Crippen LogP contribution in [0.4, 0.5) is 5.69 Å². The third-order valence-corrected chi connectivity index (χ3v) is 4.28. The first kappa shape index (κ1) is 18.4. The van der Waals surface area contributed by atoms with Crippen molar-refractivity contribution in [2.45, 2.75) is 13.8 Å². The van der Waals surface area contributed by atoms with Crippen LogP contribution in [0.5, 0.6) is 0 Å². The molecule has 6 heteroatoms. The minimum Gasteiger partial charge on any atom is -0.422 e. The molecule has 0 saturated heterocycles. The molecule has 0 aliphatic carbocycles. The zero-order valence-corrected chi connectivity index (χ0v) is 15.3. The van der Waals surface area contributed by atoms with E-state index in [4.69, 9.17) is 4.42 Å². The van der Waals surface area contributed by atoms with Crippen LogP contribution in [0.2, 0.25) is 0 Å². The Morgan fingerprint density at radius 2 is 1.85 bits per heavy atom. The van der Waals surface area contributed by atoms with Gasteiger partial charge in [-0.15, -0.1) is 0 Å². The van der Waals surface area contributed by atoms with Gasteiger partial charge in [0.25, 0.3) is 5.91 Å². The van der Waals surface area contributed by atoms with Crippen LogP contribution in [0, 0.1) is 0 Å². The topological polar surface area (TPSA) is 74.9 Å². The molecular formula is C21H21N3O3. The highest BCUT2D eigenvalue weighted by molar-refractivity contribution is 5.95. The minimum atomic E-state index is -0.503. The highest BCUT2D eigenvalue weighted by Crippen LogP contribution is 2.21. The standard InChI is InChI=1S/C21H21N3O3/c1-3-24(4-2)18-11-10-16-12-17(21(26)27-19(16)13-18)14-22-23-20(25)15-8-6-5-7-9-15/h5-14H,3-4H2,1-2H3,(H,23,25)/b22-14+. The molecule has 0 saturated carbocycles. The monoisotopic (exact) mass is 363 g/mol. The molecule has 0 atom stereocenters. The first-order chi connectivity index (χ1) is 13.1. The highest BCUT2D eigenvalue weighted by Gasteiger charge is 2.08. The van der Waals surface area contributed by atoms with Gasteiger partial charge in [0.05, 0.1) is 11.8 Å². The Balaban J connectivity index is 1.81. The number of hydrazone groups is 1. The summed E-state index contributed by atoms with van der Waals surface area (Å²) in [5, 5.41) is 4.66. The van der Waals surface area contributed by atoms with Crippen molar-refractivity contribution in [3.8, 4) is 0 Å². The van der Waals surface area contributed by atoms with Gasteiger partial charge in [-0.25, -0.2) is 10.2 Å². The van der Waals surface area contributed by atoms with Crippen molar-refractivity contribution in [2.24, 2.45) is 5.10 Å². The SMILES string of the molecule is CCN(CC)c1ccc2cc(/C=N/NC(=O)c3ccccc3)c(=O)oc2c1. The van der Waals surface area contributed by atoms with Gasteiger partial charge in [0.1, 0.15) is 5.58 Å². The van der Waals surface area contributed by atoms with Gasteiger partial charge in [-0.2, -0.15) is 5.10 Å². The van der Waals surface area contributed by atoms with Crippen LogP contribution in [0.1, 0.15) is 29.8 Å². The minimum absolute atomic E-state index is 0.270. The number of benzene rings is 2. The van der Waals surface area contributed by atoms with Crippen molar-refractivity contribution in [1.82, 2.24) is 5.43 Å². The Morgan fingerprint density at radius 3 is 2.56 bits per heavy atom. The number of anilines is 1. The first-order valence-corrected chi connectivity index (χ1v) is 8.83. The number of nitrogens with one attached hydrogen (secondary N) is 1. The molecule has 6 nitrogen and oxygen atoms in total. The van der Waals surface area contributed by atoms with E-state index in [2.05, 4.69) is 29.3 Å². The number of hydrogen-bond acceptors (Lipinski definition) is 5. The predicted octanol–water partition coefficient (Wildman–Crippen LogP) is 3.40. The van der Waals surface area contributed by atoms with Crippen LogP contribution >= 0.6 is 0 Å². The van der Waals surface area contributed by atoms with E-state index in [0.29, 0.717) is 11.1 Å². The summed E-state index contributed by atoms with van der Waals surface area (Å²) in [6.07, 6.45) is 1.30. The van der Waals surface area contributed by atoms with Gasteiger partial charge < -0.3 is 9.32 Å². The molecule has 27 heavy (non-hydrogen) atoms. The molecule has 0 unspecified atom stereocenters. The maximum atomic E-state index is 12.2. The molecule has 2 aromatic carbocycles. The van der Waals surface area contributed by atoms with Crippen LogP contribution in [0.25, 0.3) is 11.0 Å². The van der Waals surface area contributed by atoms with E-state index in [1.54, 1.807) is 30.3 Å². The van der Waals surface area contributed by atoms with Gasteiger partial charge in [-0.05, 0) is 44.2 Å². The Hall–Kier alpha value is -3.41. The summed E-state index contributed by atoms with van der Waals surface area (Å²) in [4.78, 5) is 26.3. The number of nitrogens with zero attached hydrogens (tertiary/aromatic N) is 2. The zero-order valence-electron chi connectivity index (χ0n) is 15.3. The Bertz CT molecular complexity index is 1020. The highest BCUT2D eigenvalue weighted by atomic mass is 16.4. The summed E-state index contributed by atoms with van der Waals surface area (Å²) in [7, 11) is 0. The van der Waals surface area contributed by atoms with E-state index >= 15 is 0 Å². The van der Waals surface area contributed by atoms with Crippen LogP contribution in [0.3, 0.4) is 0 Å². The van der Waals surface area contributed by atoms with E-state index in [0.717, 1.165) is 24.2 Å². The van der Waals surface area contributed by atoms with Gasteiger partial charge in [-0.1, -0.05) is 18.2 Å². The largest absolute Gasteiger partial charge is 0.422 e. The summed E-state index contributed by atoms with van der Waals surface area (Å²) >= 11 is 0. The summed E-state index contributed by atoms with van der Waals surface area (Å²) < 4.78 is 5.43. The van der Waals surface area contributed by atoms with Crippen LogP contribution in [-0.4, -0.2) is 25.2 Å². The number of fused-ring (bicyclic) bond motifs is 1. The lowest BCUT2D eigenvalue weighted by atomic mass is 10.1. The second kappa shape index (κ2) is 8.31. The van der Waals surface area contributed by atoms with Gasteiger partial charge in [-0.3, -0.25) is 4.79 Å². The molecule has 0 spiro atoms. The number of carbonyl (C=O) groups excluding carboxylic acids is 1. The predicted molar refractivity (Wildman–Crippen MR) is 108 cm³/mol. The molecule has 1 N–H and O–H groups in total.